The second-order valence-corrected chi connectivity index (χ2v) is 12.5. The summed E-state index contributed by atoms with van der Waals surface area (Å²) in [6, 6.07) is 34.9. The van der Waals surface area contributed by atoms with Crippen molar-refractivity contribution in [3.8, 4) is 0 Å². The Balaban J connectivity index is 2.05. The molecule has 0 aromatic heterocycles. The maximum atomic E-state index is 2.52. The fourth-order valence-electron chi connectivity index (χ4n) is 5.81. The first-order chi connectivity index (χ1) is 18.0. The molecule has 0 bridgehead atoms. The molecule has 0 N–H and O–H groups in total. The molecule has 0 aliphatic rings. The fraction of sp³-hybridized carbons (Fsp3) is 0.368. The lowest BCUT2D eigenvalue weighted by Gasteiger charge is -2.38. The van der Waals surface area contributed by atoms with E-state index in [1.807, 2.05) is 0 Å². The molecular formula is C38H46. The van der Waals surface area contributed by atoms with Crippen LogP contribution in [0, 0.1) is 32.1 Å². The van der Waals surface area contributed by atoms with Crippen molar-refractivity contribution in [2.24, 2.45) is 11.3 Å². The first-order valence-electron chi connectivity index (χ1n) is 14.4. The lowest BCUT2D eigenvalue weighted by molar-refractivity contribution is 0.248. The van der Waals surface area contributed by atoms with Crippen molar-refractivity contribution < 1.29 is 0 Å². The summed E-state index contributed by atoms with van der Waals surface area (Å²) in [6.45, 7) is 18.5. The van der Waals surface area contributed by atoms with E-state index in [0.717, 1.165) is 19.3 Å². The molecule has 0 spiro atoms. The van der Waals surface area contributed by atoms with Crippen molar-refractivity contribution in [3.05, 3.63) is 141 Å². The molecule has 0 amide bonds. The van der Waals surface area contributed by atoms with Crippen LogP contribution in [0.5, 0.6) is 0 Å². The number of hydrogen-bond donors (Lipinski definition) is 0. The maximum Gasteiger partial charge on any atom is 0.0491 e. The van der Waals surface area contributed by atoms with Gasteiger partial charge in [0.2, 0.25) is 0 Å². The molecule has 0 heterocycles. The molecule has 0 saturated heterocycles. The van der Waals surface area contributed by atoms with E-state index in [1.54, 1.807) is 0 Å². The van der Waals surface area contributed by atoms with Gasteiger partial charge < -0.3 is 0 Å². The van der Waals surface area contributed by atoms with E-state index in [1.165, 1.54) is 50.1 Å². The molecule has 38 heavy (non-hydrogen) atoms. The third kappa shape index (κ3) is 5.80. The topological polar surface area (TPSA) is 0 Å². The number of benzene rings is 4. The van der Waals surface area contributed by atoms with Crippen LogP contribution in [0.2, 0.25) is 0 Å². The van der Waals surface area contributed by atoms with Gasteiger partial charge in [-0.1, -0.05) is 137 Å². The van der Waals surface area contributed by atoms with E-state index < -0.39 is 0 Å². The molecular weight excluding hydrogens is 456 g/mol. The van der Waals surface area contributed by atoms with Crippen molar-refractivity contribution >= 4 is 0 Å². The summed E-state index contributed by atoms with van der Waals surface area (Å²) in [5, 5.41) is 0. The van der Waals surface area contributed by atoms with E-state index >= 15 is 0 Å². The Morgan fingerprint density at radius 3 is 1.89 bits per heavy atom. The lowest BCUT2D eigenvalue weighted by atomic mass is 9.64. The monoisotopic (exact) mass is 502 g/mol. The third-order valence-corrected chi connectivity index (χ3v) is 8.93. The average Bonchev–Trinajstić information content (AvgIpc) is 2.88. The Morgan fingerprint density at radius 2 is 1.26 bits per heavy atom. The summed E-state index contributed by atoms with van der Waals surface area (Å²) in [5.41, 5.74) is 12.3. The van der Waals surface area contributed by atoms with Gasteiger partial charge in [0.1, 0.15) is 0 Å². The molecule has 0 aliphatic heterocycles. The van der Waals surface area contributed by atoms with Crippen LogP contribution < -0.4 is 0 Å². The third-order valence-electron chi connectivity index (χ3n) is 8.93. The van der Waals surface area contributed by atoms with Gasteiger partial charge >= 0.3 is 0 Å². The zero-order valence-corrected chi connectivity index (χ0v) is 24.9. The van der Waals surface area contributed by atoms with E-state index in [0.29, 0.717) is 5.92 Å². The largest absolute Gasteiger partial charge is 0.0623 e. The average molecular weight is 503 g/mol. The summed E-state index contributed by atoms with van der Waals surface area (Å²) in [5.74, 6) is 0.613. The van der Waals surface area contributed by atoms with Crippen molar-refractivity contribution in [2.45, 2.75) is 80.1 Å². The highest BCUT2D eigenvalue weighted by molar-refractivity contribution is 5.55. The highest BCUT2D eigenvalue weighted by Crippen LogP contribution is 2.44. The molecule has 0 aliphatic carbocycles. The zero-order valence-electron chi connectivity index (χ0n) is 24.9. The predicted molar refractivity (Wildman–Crippen MR) is 165 cm³/mol. The minimum Gasteiger partial charge on any atom is -0.0623 e. The van der Waals surface area contributed by atoms with Gasteiger partial charge in [0.15, 0.2) is 0 Å². The Morgan fingerprint density at radius 1 is 0.605 bits per heavy atom. The van der Waals surface area contributed by atoms with Crippen LogP contribution in [-0.4, -0.2) is 0 Å². The summed E-state index contributed by atoms with van der Waals surface area (Å²) in [4.78, 5) is 0. The van der Waals surface area contributed by atoms with E-state index in [4.69, 9.17) is 0 Å². The highest BCUT2D eigenvalue weighted by atomic mass is 14.4. The van der Waals surface area contributed by atoms with Crippen LogP contribution in [0.15, 0.2) is 91.0 Å². The molecule has 4 aromatic carbocycles. The predicted octanol–water partition coefficient (Wildman–Crippen LogP) is 9.98. The Bertz CT molecular complexity index is 1360. The van der Waals surface area contributed by atoms with Crippen molar-refractivity contribution in [2.75, 3.05) is 0 Å². The van der Waals surface area contributed by atoms with Crippen LogP contribution in [0.1, 0.15) is 84.7 Å². The summed E-state index contributed by atoms with van der Waals surface area (Å²) in [7, 11) is 0. The SMILES string of the molecule is CCc1cc(C(Cc2ccccc2)(c2ccc(C)cc2)c2cc(C)cc(CC(C)(C)C(C)C)c2)ccc1C. The van der Waals surface area contributed by atoms with Gasteiger partial charge in [-0.05, 0) is 90.3 Å². The summed E-state index contributed by atoms with van der Waals surface area (Å²) >= 11 is 0. The Labute approximate surface area is 232 Å². The molecule has 4 aromatic rings. The van der Waals surface area contributed by atoms with Gasteiger partial charge in [-0.2, -0.15) is 0 Å². The summed E-state index contributed by atoms with van der Waals surface area (Å²) < 4.78 is 0. The number of aryl methyl sites for hydroxylation is 4. The molecule has 198 valence electrons. The van der Waals surface area contributed by atoms with Crippen molar-refractivity contribution in [1.82, 2.24) is 0 Å². The van der Waals surface area contributed by atoms with Crippen molar-refractivity contribution in [3.63, 3.8) is 0 Å². The molecule has 0 heteroatoms. The Kier molecular flexibility index (Phi) is 8.31. The molecule has 0 saturated carbocycles. The van der Waals surface area contributed by atoms with Crippen LogP contribution in [0.25, 0.3) is 0 Å². The first-order valence-corrected chi connectivity index (χ1v) is 14.4. The van der Waals surface area contributed by atoms with Gasteiger partial charge in [-0.25, -0.2) is 0 Å². The quantitative estimate of drug-likeness (QED) is 0.200. The molecule has 4 rings (SSSR count). The van der Waals surface area contributed by atoms with Crippen LogP contribution >= 0.6 is 0 Å². The van der Waals surface area contributed by atoms with Gasteiger partial charge in [-0.15, -0.1) is 0 Å². The van der Waals surface area contributed by atoms with Crippen LogP contribution in [0.4, 0.5) is 0 Å². The second-order valence-electron chi connectivity index (χ2n) is 12.5. The van der Waals surface area contributed by atoms with Gasteiger partial charge in [0.05, 0.1) is 0 Å². The summed E-state index contributed by atoms with van der Waals surface area (Å²) in [6.07, 6.45) is 3.03. The molecule has 0 radical (unpaired) electrons. The Hall–Kier alpha value is -3.12. The second kappa shape index (κ2) is 11.3. The van der Waals surface area contributed by atoms with E-state index in [2.05, 4.69) is 146 Å². The highest BCUT2D eigenvalue weighted by Gasteiger charge is 2.38. The van der Waals surface area contributed by atoms with Gasteiger partial charge in [-0.3, -0.25) is 0 Å². The van der Waals surface area contributed by atoms with Crippen LogP contribution in [-0.2, 0) is 24.7 Å². The number of hydrogen-bond acceptors (Lipinski definition) is 0. The molecule has 0 nitrogen and oxygen atoms in total. The van der Waals surface area contributed by atoms with Gasteiger partial charge in [0, 0.05) is 5.41 Å². The lowest BCUT2D eigenvalue weighted by Crippen LogP contribution is -2.33. The smallest absolute Gasteiger partial charge is 0.0491 e. The van der Waals surface area contributed by atoms with Gasteiger partial charge in [0.25, 0.3) is 0 Å². The first kappa shape index (κ1) is 27.9. The zero-order chi connectivity index (χ0) is 27.5. The van der Waals surface area contributed by atoms with E-state index in [9.17, 15) is 0 Å². The molecule has 1 unspecified atom stereocenters. The van der Waals surface area contributed by atoms with Crippen molar-refractivity contribution in [1.29, 1.82) is 0 Å². The minimum atomic E-state index is -0.296. The number of rotatable bonds is 9. The maximum absolute atomic E-state index is 2.52. The normalized spacial score (nSPS) is 13.5. The minimum absolute atomic E-state index is 0.232. The van der Waals surface area contributed by atoms with Crippen LogP contribution in [0.3, 0.4) is 0 Å². The molecule has 1 atom stereocenters. The molecule has 0 fully saturated rings. The van der Waals surface area contributed by atoms with E-state index in [-0.39, 0.29) is 10.8 Å². The standard InChI is InChI=1S/C38H46/c1-9-33-24-35(20-17-30(33)6)38(26-31-13-11-10-12-14-31,34-18-15-28(4)16-19-34)36-22-29(5)21-32(23-36)25-37(7,8)27(2)3/h10-24,27H,9,25-26H2,1-8H3. The fourth-order valence-corrected chi connectivity index (χ4v) is 5.81.